The van der Waals surface area contributed by atoms with Gasteiger partial charge >= 0.3 is 0 Å². The first-order valence-corrected chi connectivity index (χ1v) is 8.37. The van der Waals surface area contributed by atoms with Crippen LogP contribution in [0.15, 0.2) is 28.3 Å². The normalized spacial score (nSPS) is 16.5. The van der Waals surface area contributed by atoms with Crippen LogP contribution in [-0.4, -0.2) is 42.6 Å². The van der Waals surface area contributed by atoms with Crippen LogP contribution in [0.3, 0.4) is 0 Å². The maximum absolute atomic E-state index is 5.66. The van der Waals surface area contributed by atoms with Crippen LogP contribution >= 0.6 is 11.3 Å². The van der Waals surface area contributed by atoms with Crippen molar-refractivity contribution in [2.45, 2.75) is 20.0 Å². The molecular weight excluding hydrogens is 284 g/mol. The fourth-order valence-electron chi connectivity index (χ4n) is 2.60. The van der Waals surface area contributed by atoms with E-state index in [9.17, 15) is 0 Å². The third-order valence-electron chi connectivity index (χ3n) is 3.83. The zero-order valence-corrected chi connectivity index (χ0v) is 13.2. The van der Waals surface area contributed by atoms with E-state index in [1.807, 2.05) is 11.6 Å². The molecule has 1 aliphatic rings. The zero-order valence-electron chi connectivity index (χ0n) is 12.4. The SMILES string of the molecule is CCNCc1ccoc1CN1CCN(c2nccs2)CC1. The minimum atomic E-state index is 0.890. The predicted octanol–water partition coefficient (Wildman–Crippen LogP) is 2.17. The van der Waals surface area contributed by atoms with Gasteiger partial charge in [-0.05, 0) is 12.6 Å². The highest BCUT2D eigenvalue weighted by atomic mass is 32.1. The Kier molecular flexibility index (Phi) is 4.90. The zero-order chi connectivity index (χ0) is 14.5. The first-order valence-electron chi connectivity index (χ1n) is 7.49. The first-order chi connectivity index (χ1) is 10.4. The summed E-state index contributed by atoms with van der Waals surface area (Å²) < 4.78 is 5.66. The van der Waals surface area contributed by atoms with E-state index in [0.717, 1.165) is 56.7 Å². The summed E-state index contributed by atoms with van der Waals surface area (Å²) in [4.78, 5) is 9.21. The van der Waals surface area contributed by atoms with Gasteiger partial charge in [0, 0.05) is 49.9 Å². The Morgan fingerprint density at radius 1 is 1.33 bits per heavy atom. The van der Waals surface area contributed by atoms with Gasteiger partial charge in [0.15, 0.2) is 5.13 Å². The van der Waals surface area contributed by atoms with Crippen molar-refractivity contribution in [3.8, 4) is 0 Å². The van der Waals surface area contributed by atoms with Gasteiger partial charge in [-0.15, -0.1) is 11.3 Å². The molecule has 0 unspecified atom stereocenters. The topological polar surface area (TPSA) is 44.5 Å². The third kappa shape index (κ3) is 3.64. The van der Waals surface area contributed by atoms with E-state index in [1.54, 1.807) is 17.6 Å². The summed E-state index contributed by atoms with van der Waals surface area (Å²) in [5.41, 5.74) is 1.28. The highest BCUT2D eigenvalue weighted by Crippen LogP contribution is 2.20. The summed E-state index contributed by atoms with van der Waals surface area (Å²) in [6, 6.07) is 2.07. The Morgan fingerprint density at radius 2 is 2.19 bits per heavy atom. The average Bonchev–Trinajstić information content (AvgIpc) is 3.18. The van der Waals surface area contributed by atoms with Crippen molar-refractivity contribution in [3.63, 3.8) is 0 Å². The van der Waals surface area contributed by atoms with E-state index in [2.05, 4.69) is 33.1 Å². The summed E-state index contributed by atoms with van der Waals surface area (Å²) in [6.45, 7) is 9.09. The lowest BCUT2D eigenvalue weighted by Gasteiger charge is -2.34. The second-order valence-corrected chi connectivity index (χ2v) is 6.10. The molecule has 0 amide bonds. The van der Waals surface area contributed by atoms with Gasteiger partial charge in [0.25, 0.3) is 0 Å². The molecule has 5 nitrogen and oxygen atoms in total. The molecule has 0 aromatic carbocycles. The molecule has 0 spiro atoms. The summed E-state index contributed by atoms with van der Waals surface area (Å²) in [7, 11) is 0. The summed E-state index contributed by atoms with van der Waals surface area (Å²) in [6.07, 6.45) is 3.68. The van der Waals surface area contributed by atoms with Gasteiger partial charge in [0.1, 0.15) is 5.76 Å². The highest BCUT2D eigenvalue weighted by Gasteiger charge is 2.20. The Hall–Kier alpha value is -1.37. The standard InChI is InChI=1S/C15H22N4OS/c1-2-16-11-13-3-9-20-14(13)12-18-5-7-19(8-6-18)15-17-4-10-21-15/h3-4,9-10,16H,2,5-8,11-12H2,1H3. The molecule has 0 atom stereocenters. The molecule has 21 heavy (non-hydrogen) atoms. The number of thiazole rings is 1. The van der Waals surface area contributed by atoms with Gasteiger partial charge in [-0.25, -0.2) is 4.98 Å². The smallest absolute Gasteiger partial charge is 0.185 e. The van der Waals surface area contributed by atoms with Crippen molar-refractivity contribution >= 4 is 16.5 Å². The van der Waals surface area contributed by atoms with Crippen molar-refractivity contribution in [2.75, 3.05) is 37.6 Å². The maximum Gasteiger partial charge on any atom is 0.185 e. The number of rotatable bonds is 6. The molecule has 0 aliphatic carbocycles. The molecule has 2 aromatic rings. The van der Waals surface area contributed by atoms with Gasteiger partial charge in [0.05, 0.1) is 12.8 Å². The molecule has 0 saturated carbocycles. The molecule has 3 heterocycles. The summed E-state index contributed by atoms with van der Waals surface area (Å²) >= 11 is 1.72. The third-order valence-corrected chi connectivity index (χ3v) is 4.66. The molecule has 3 rings (SSSR count). The minimum Gasteiger partial charge on any atom is -0.468 e. The Labute approximate surface area is 129 Å². The van der Waals surface area contributed by atoms with Gasteiger partial charge in [0.2, 0.25) is 0 Å². The van der Waals surface area contributed by atoms with Gasteiger partial charge in [-0.2, -0.15) is 0 Å². The van der Waals surface area contributed by atoms with Crippen LogP contribution < -0.4 is 10.2 Å². The second-order valence-electron chi connectivity index (χ2n) is 5.23. The number of hydrogen-bond acceptors (Lipinski definition) is 6. The fourth-order valence-corrected chi connectivity index (χ4v) is 3.29. The van der Waals surface area contributed by atoms with Gasteiger partial charge < -0.3 is 14.6 Å². The van der Waals surface area contributed by atoms with Gasteiger partial charge in [-0.3, -0.25) is 4.90 Å². The Balaban J connectivity index is 1.52. The fraction of sp³-hybridized carbons (Fsp3) is 0.533. The molecule has 0 radical (unpaired) electrons. The highest BCUT2D eigenvalue weighted by molar-refractivity contribution is 7.13. The summed E-state index contributed by atoms with van der Waals surface area (Å²) in [5, 5.41) is 6.54. The van der Waals surface area contributed by atoms with E-state index in [0.29, 0.717) is 0 Å². The van der Waals surface area contributed by atoms with Crippen LogP contribution in [0.5, 0.6) is 0 Å². The number of piperazine rings is 1. The monoisotopic (exact) mass is 306 g/mol. The predicted molar refractivity (Wildman–Crippen MR) is 85.7 cm³/mol. The lowest BCUT2D eigenvalue weighted by atomic mass is 10.2. The van der Waals surface area contributed by atoms with Crippen LogP contribution in [0.1, 0.15) is 18.2 Å². The molecular formula is C15H22N4OS. The molecule has 1 N–H and O–H groups in total. The molecule has 1 aliphatic heterocycles. The van der Waals surface area contributed by atoms with Crippen molar-refractivity contribution in [1.29, 1.82) is 0 Å². The van der Waals surface area contributed by atoms with Gasteiger partial charge in [-0.1, -0.05) is 6.92 Å². The van der Waals surface area contributed by atoms with E-state index in [4.69, 9.17) is 4.42 Å². The van der Waals surface area contributed by atoms with Crippen LogP contribution in [-0.2, 0) is 13.1 Å². The number of nitrogens with one attached hydrogen (secondary N) is 1. The van der Waals surface area contributed by atoms with Crippen molar-refractivity contribution in [2.24, 2.45) is 0 Å². The summed E-state index contributed by atoms with van der Waals surface area (Å²) in [5.74, 6) is 1.10. The quantitative estimate of drug-likeness (QED) is 0.886. The molecule has 114 valence electrons. The average molecular weight is 306 g/mol. The van der Waals surface area contributed by atoms with Crippen molar-refractivity contribution in [3.05, 3.63) is 35.2 Å². The van der Waals surface area contributed by atoms with Crippen LogP contribution in [0.2, 0.25) is 0 Å². The van der Waals surface area contributed by atoms with Crippen LogP contribution in [0, 0.1) is 0 Å². The Morgan fingerprint density at radius 3 is 2.90 bits per heavy atom. The molecule has 6 heteroatoms. The van der Waals surface area contributed by atoms with Crippen molar-refractivity contribution < 1.29 is 4.42 Å². The number of aromatic nitrogens is 1. The van der Waals surface area contributed by atoms with Crippen LogP contribution in [0.4, 0.5) is 5.13 Å². The number of hydrogen-bond donors (Lipinski definition) is 1. The lowest BCUT2D eigenvalue weighted by molar-refractivity contribution is 0.229. The second kappa shape index (κ2) is 7.06. The van der Waals surface area contributed by atoms with Crippen molar-refractivity contribution in [1.82, 2.24) is 15.2 Å². The number of nitrogens with zero attached hydrogens (tertiary/aromatic N) is 3. The molecule has 1 fully saturated rings. The molecule has 1 saturated heterocycles. The largest absolute Gasteiger partial charge is 0.468 e. The maximum atomic E-state index is 5.66. The molecule has 0 bridgehead atoms. The number of furan rings is 1. The minimum absolute atomic E-state index is 0.890. The van der Waals surface area contributed by atoms with E-state index in [-0.39, 0.29) is 0 Å². The number of anilines is 1. The Bertz CT molecular complexity index is 532. The van der Waals surface area contributed by atoms with Crippen LogP contribution in [0.25, 0.3) is 0 Å². The lowest BCUT2D eigenvalue weighted by Crippen LogP contribution is -2.46. The van der Waals surface area contributed by atoms with E-state index >= 15 is 0 Å². The van der Waals surface area contributed by atoms with E-state index in [1.165, 1.54) is 5.56 Å². The molecule has 2 aromatic heterocycles. The van der Waals surface area contributed by atoms with E-state index < -0.39 is 0 Å². The first kappa shape index (κ1) is 14.6.